The number of nitrogens with two attached hydrogens (primary N) is 1. The lowest BCUT2D eigenvalue weighted by Crippen LogP contribution is -2.25. The predicted octanol–water partition coefficient (Wildman–Crippen LogP) is 0.669. The number of amides is 1. The van der Waals surface area contributed by atoms with Crippen LogP contribution in [0.4, 0.5) is 0 Å². The zero-order chi connectivity index (χ0) is 12.7. The smallest absolute Gasteiger partial charge is 0.221 e. The van der Waals surface area contributed by atoms with Crippen molar-refractivity contribution in [1.82, 2.24) is 5.32 Å². The monoisotopic (exact) mass is 238 g/mol. The molecule has 0 spiro atoms. The second-order valence-corrected chi connectivity index (χ2v) is 3.49. The van der Waals surface area contributed by atoms with E-state index in [-0.39, 0.29) is 5.91 Å². The lowest BCUT2D eigenvalue weighted by Gasteiger charge is -2.11. The summed E-state index contributed by atoms with van der Waals surface area (Å²) in [5.74, 6) is 1.38. The molecule has 0 radical (unpaired) electrons. The Bertz CT molecular complexity index is 380. The van der Waals surface area contributed by atoms with Crippen LogP contribution in [0.1, 0.15) is 12.0 Å². The molecule has 0 bridgehead atoms. The third kappa shape index (κ3) is 3.96. The zero-order valence-electron chi connectivity index (χ0n) is 10.2. The van der Waals surface area contributed by atoms with E-state index in [0.29, 0.717) is 19.5 Å². The molecule has 0 saturated carbocycles. The maximum absolute atomic E-state index is 11.3. The molecular weight excluding hydrogens is 220 g/mol. The molecule has 0 unspecified atom stereocenters. The van der Waals surface area contributed by atoms with E-state index in [0.717, 1.165) is 17.1 Å². The van der Waals surface area contributed by atoms with Gasteiger partial charge in [-0.05, 0) is 18.2 Å². The Labute approximate surface area is 101 Å². The number of hydrogen-bond acceptors (Lipinski definition) is 4. The molecule has 5 heteroatoms. The maximum atomic E-state index is 11.3. The molecule has 17 heavy (non-hydrogen) atoms. The molecule has 0 aliphatic carbocycles. The minimum absolute atomic E-state index is 0.0719. The van der Waals surface area contributed by atoms with Crippen molar-refractivity contribution in [1.29, 1.82) is 0 Å². The van der Waals surface area contributed by atoms with Crippen LogP contribution in [0.5, 0.6) is 11.5 Å². The van der Waals surface area contributed by atoms with Gasteiger partial charge in [0.1, 0.15) is 11.5 Å². The lowest BCUT2D eigenvalue weighted by atomic mass is 10.2. The average Bonchev–Trinajstić information content (AvgIpc) is 2.36. The molecule has 1 rings (SSSR count). The first-order valence-electron chi connectivity index (χ1n) is 5.39. The highest BCUT2D eigenvalue weighted by Crippen LogP contribution is 2.23. The summed E-state index contributed by atoms with van der Waals surface area (Å²) in [5.41, 5.74) is 6.17. The number of ether oxygens (including phenoxy) is 2. The Hall–Kier alpha value is -1.75. The van der Waals surface area contributed by atoms with E-state index in [2.05, 4.69) is 5.32 Å². The first-order chi connectivity index (χ1) is 8.21. The number of hydrogen-bond donors (Lipinski definition) is 2. The van der Waals surface area contributed by atoms with E-state index in [1.807, 2.05) is 18.2 Å². The molecule has 0 aliphatic heterocycles. The summed E-state index contributed by atoms with van der Waals surface area (Å²) in [4.78, 5) is 11.3. The highest BCUT2D eigenvalue weighted by atomic mass is 16.5. The van der Waals surface area contributed by atoms with Gasteiger partial charge in [0, 0.05) is 25.1 Å². The molecule has 1 aromatic carbocycles. The molecule has 0 heterocycles. The highest BCUT2D eigenvalue weighted by Gasteiger charge is 2.06. The Balaban J connectivity index is 2.70. The Kier molecular flexibility index (Phi) is 5.29. The molecule has 1 aromatic rings. The van der Waals surface area contributed by atoms with Crippen LogP contribution in [-0.4, -0.2) is 26.7 Å². The number of nitrogens with one attached hydrogen (secondary N) is 1. The number of methoxy groups -OCH3 is 2. The molecule has 0 saturated heterocycles. The molecule has 94 valence electrons. The average molecular weight is 238 g/mol. The van der Waals surface area contributed by atoms with E-state index in [9.17, 15) is 4.79 Å². The minimum atomic E-state index is -0.0719. The van der Waals surface area contributed by atoms with Gasteiger partial charge >= 0.3 is 0 Å². The lowest BCUT2D eigenvalue weighted by molar-refractivity contribution is -0.121. The van der Waals surface area contributed by atoms with Crippen molar-refractivity contribution in [3.05, 3.63) is 23.8 Å². The van der Waals surface area contributed by atoms with Crippen LogP contribution in [0.25, 0.3) is 0 Å². The van der Waals surface area contributed by atoms with Gasteiger partial charge in [-0.15, -0.1) is 0 Å². The Morgan fingerprint density at radius 1 is 1.35 bits per heavy atom. The fourth-order valence-electron chi connectivity index (χ4n) is 1.43. The van der Waals surface area contributed by atoms with E-state index in [1.165, 1.54) is 0 Å². The summed E-state index contributed by atoms with van der Waals surface area (Å²) in [6.07, 6.45) is 0.326. The standard InChI is InChI=1S/C12H18N2O3/c1-16-10-3-4-11(17-2)9(7-10)8-14-12(15)5-6-13/h3-4,7H,5-6,8,13H2,1-2H3,(H,14,15). The van der Waals surface area contributed by atoms with Gasteiger partial charge in [0.05, 0.1) is 14.2 Å². The number of carbonyl (C=O) groups is 1. The van der Waals surface area contributed by atoms with Crippen LogP contribution in [0, 0.1) is 0 Å². The maximum Gasteiger partial charge on any atom is 0.221 e. The zero-order valence-corrected chi connectivity index (χ0v) is 10.2. The SMILES string of the molecule is COc1ccc(OC)c(CNC(=O)CCN)c1. The summed E-state index contributed by atoms with van der Waals surface area (Å²) in [6, 6.07) is 5.45. The minimum Gasteiger partial charge on any atom is -0.497 e. The van der Waals surface area contributed by atoms with E-state index < -0.39 is 0 Å². The second kappa shape index (κ2) is 6.75. The molecule has 5 nitrogen and oxygen atoms in total. The van der Waals surface area contributed by atoms with Gasteiger partial charge in [0.2, 0.25) is 5.91 Å². The van der Waals surface area contributed by atoms with E-state index in [4.69, 9.17) is 15.2 Å². The van der Waals surface area contributed by atoms with Crippen molar-refractivity contribution in [2.24, 2.45) is 5.73 Å². The fraction of sp³-hybridized carbons (Fsp3) is 0.417. The van der Waals surface area contributed by atoms with Crippen LogP contribution < -0.4 is 20.5 Å². The van der Waals surface area contributed by atoms with Crippen LogP contribution >= 0.6 is 0 Å². The Morgan fingerprint density at radius 3 is 2.71 bits per heavy atom. The molecular formula is C12H18N2O3. The second-order valence-electron chi connectivity index (χ2n) is 3.49. The summed E-state index contributed by atoms with van der Waals surface area (Å²) >= 11 is 0. The van der Waals surface area contributed by atoms with Gasteiger partial charge in [-0.25, -0.2) is 0 Å². The summed E-state index contributed by atoms with van der Waals surface area (Å²) < 4.78 is 10.3. The van der Waals surface area contributed by atoms with E-state index in [1.54, 1.807) is 14.2 Å². The quantitative estimate of drug-likeness (QED) is 0.764. The van der Waals surface area contributed by atoms with Gasteiger partial charge < -0.3 is 20.5 Å². The molecule has 0 fully saturated rings. The normalized spacial score (nSPS) is 9.82. The predicted molar refractivity (Wildman–Crippen MR) is 65.1 cm³/mol. The van der Waals surface area contributed by atoms with Crippen LogP contribution in [0.15, 0.2) is 18.2 Å². The van der Waals surface area contributed by atoms with Crippen LogP contribution in [0.3, 0.4) is 0 Å². The fourth-order valence-corrected chi connectivity index (χ4v) is 1.43. The van der Waals surface area contributed by atoms with Gasteiger partial charge in [-0.3, -0.25) is 4.79 Å². The molecule has 0 aliphatic rings. The number of rotatable bonds is 6. The highest BCUT2D eigenvalue weighted by molar-refractivity contribution is 5.76. The molecule has 1 amide bonds. The van der Waals surface area contributed by atoms with Gasteiger partial charge in [0.15, 0.2) is 0 Å². The third-order valence-corrected chi connectivity index (χ3v) is 2.33. The summed E-state index contributed by atoms with van der Waals surface area (Å²) in [6.45, 7) is 0.750. The summed E-state index contributed by atoms with van der Waals surface area (Å²) in [5, 5.41) is 2.77. The number of benzene rings is 1. The Morgan fingerprint density at radius 2 is 2.12 bits per heavy atom. The van der Waals surface area contributed by atoms with Crippen LogP contribution in [0.2, 0.25) is 0 Å². The van der Waals surface area contributed by atoms with Gasteiger partial charge in [-0.2, -0.15) is 0 Å². The number of carbonyl (C=O) groups excluding carboxylic acids is 1. The summed E-state index contributed by atoms with van der Waals surface area (Å²) in [7, 11) is 3.19. The third-order valence-electron chi connectivity index (χ3n) is 2.33. The largest absolute Gasteiger partial charge is 0.497 e. The van der Waals surface area contributed by atoms with Crippen molar-refractivity contribution >= 4 is 5.91 Å². The van der Waals surface area contributed by atoms with Crippen LogP contribution in [-0.2, 0) is 11.3 Å². The molecule has 0 atom stereocenters. The van der Waals surface area contributed by atoms with Crippen molar-refractivity contribution in [2.45, 2.75) is 13.0 Å². The van der Waals surface area contributed by atoms with Crippen molar-refractivity contribution in [2.75, 3.05) is 20.8 Å². The first-order valence-corrected chi connectivity index (χ1v) is 5.39. The topological polar surface area (TPSA) is 73.6 Å². The molecule has 0 aromatic heterocycles. The van der Waals surface area contributed by atoms with Crippen molar-refractivity contribution in [3.8, 4) is 11.5 Å². The van der Waals surface area contributed by atoms with Crippen molar-refractivity contribution < 1.29 is 14.3 Å². The molecule has 3 N–H and O–H groups in total. The van der Waals surface area contributed by atoms with Gasteiger partial charge in [0.25, 0.3) is 0 Å². The van der Waals surface area contributed by atoms with E-state index >= 15 is 0 Å². The van der Waals surface area contributed by atoms with Crippen molar-refractivity contribution in [3.63, 3.8) is 0 Å². The first kappa shape index (κ1) is 13.3. The van der Waals surface area contributed by atoms with Gasteiger partial charge in [-0.1, -0.05) is 0 Å².